The SMILES string of the molecule is Cl.O=C(Nc1ccc(OCc2ccccc2Cl)cc1)C1CCNCC1. The molecule has 1 saturated heterocycles. The van der Waals surface area contributed by atoms with Gasteiger partial charge in [-0.3, -0.25) is 4.79 Å². The number of nitrogens with one attached hydrogen (secondary N) is 2. The van der Waals surface area contributed by atoms with Crippen molar-refractivity contribution in [3.05, 3.63) is 59.1 Å². The van der Waals surface area contributed by atoms with E-state index < -0.39 is 0 Å². The Labute approximate surface area is 159 Å². The molecule has 1 amide bonds. The van der Waals surface area contributed by atoms with Crippen molar-refractivity contribution in [3.8, 4) is 5.75 Å². The van der Waals surface area contributed by atoms with Crippen LogP contribution in [-0.2, 0) is 11.4 Å². The number of carbonyl (C=O) groups is 1. The summed E-state index contributed by atoms with van der Waals surface area (Å²) >= 11 is 6.11. The summed E-state index contributed by atoms with van der Waals surface area (Å²) < 4.78 is 5.74. The molecule has 1 fully saturated rings. The third kappa shape index (κ3) is 5.63. The van der Waals surface area contributed by atoms with Crippen molar-refractivity contribution >= 4 is 35.6 Å². The molecule has 0 aliphatic carbocycles. The fourth-order valence-electron chi connectivity index (χ4n) is 2.74. The molecule has 0 atom stereocenters. The van der Waals surface area contributed by atoms with Crippen LogP contribution in [0.1, 0.15) is 18.4 Å². The third-order valence-electron chi connectivity index (χ3n) is 4.18. The van der Waals surface area contributed by atoms with Crippen molar-refractivity contribution in [2.24, 2.45) is 5.92 Å². The number of anilines is 1. The van der Waals surface area contributed by atoms with Crippen LogP contribution in [0.5, 0.6) is 5.75 Å². The van der Waals surface area contributed by atoms with Gasteiger partial charge in [0, 0.05) is 22.2 Å². The monoisotopic (exact) mass is 380 g/mol. The summed E-state index contributed by atoms with van der Waals surface area (Å²) in [5.41, 5.74) is 1.74. The normalized spacial score (nSPS) is 14.4. The molecular formula is C19H22Cl2N2O2. The second-order valence-electron chi connectivity index (χ2n) is 5.92. The van der Waals surface area contributed by atoms with Crippen LogP contribution < -0.4 is 15.4 Å². The molecule has 134 valence electrons. The predicted octanol–water partition coefficient (Wildman–Crippen LogP) is 4.28. The Bertz CT molecular complexity index is 686. The van der Waals surface area contributed by atoms with E-state index in [1.807, 2.05) is 48.5 Å². The lowest BCUT2D eigenvalue weighted by atomic mass is 9.97. The number of halogens is 2. The molecule has 1 aliphatic heterocycles. The molecule has 0 aromatic heterocycles. The van der Waals surface area contributed by atoms with Gasteiger partial charge in [-0.15, -0.1) is 12.4 Å². The van der Waals surface area contributed by atoms with Gasteiger partial charge in [-0.1, -0.05) is 29.8 Å². The summed E-state index contributed by atoms with van der Waals surface area (Å²) in [6.07, 6.45) is 1.79. The van der Waals surface area contributed by atoms with E-state index in [2.05, 4.69) is 10.6 Å². The Hall–Kier alpha value is -1.75. The van der Waals surface area contributed by atoms with E-state index in [9.17, 15) is 4.79 Å². The molecule has 2 aromatic rings. The summed E-state index contributed by atoms with van der Waals surface area (Å²) in [7, 11) is 0. The maximum absolute atomic E-state index is 12.2. The molecule has 0 saturated carbocycles. The molecule has 1 aliphatic rings. The van der Waals surface area contributed by atoms with Crippen LogP contribution >= 0.6 is 24.0 Å². The van der Waals surface area contributed by atoms with Crippen molar-refractivity contribution in [3.63, 3.8) is 0 Å². The van der Waals surface area contributed by atoms with Crippen molar-refractivity contribution in [1.82, 2.24) is 5.32 Å². The van der Waals surface area contributed by atoms with Gasteiger partial charge in [-0.2, -0.15) is 0 Å². The summed E-state index contributed by atoms with van der Waals surface area (Å²) in [6, 6.07) is 15.1. The lowest BCUT2D eigenvalue weighted by Crippen LogP contribution is -2.34. The molecule has 3 rings (SSSR count). The molecule has 0 spiro atoms. The van der Waals surface area contributed by atoms with Crippen molar-refractivity contribution in [2.45, 2.75) is 19.4 Å². The largest absolute Gasteiger partial charge is 0.489 e. The highest BCUT2D eigenvalue weighted by Gasteiger charge is 2.20. The second-order valence-corrected chi connectivity index (χ2v) is 6.33. The van der Waals surface area contributed by atoms with Crippen LogP contribution in [0, 0.1) is 5.92 Å². The number of hydrogen-bond donors (Lipinski definition) is 2. The highest BCUT2D eigenvalue weighted by molar-refractivity contribution is 6.31. The van der Waals surface area contributed by atoms with Crippen molar-refractivity contribution in [1.29, 1.82) is 0 Å². The van der Waals surface area contributed by atoms with E-state index in [4.69, 9.17) is 16.3 Å². The van der Waals surface area contributed by atoms with E-state index >= 15 is 0 Å². The minimum Gasteiger partial charge on any atom is -0.489 e. The molecule has 6 heteroatoms. The highest BCUT2D eigenvalue weighted by atomic mass is 35.5. The minimum atomic E-state index is 0. The quantitative estimate of drug-likeness (QED) is 0.813. The molecule has 4 nitrogen and oxygen atoms in total. The van der Waals surface area contributed by atoms with Crippen molar-refractivity contribution < 1.29 is 9.53 Å². The first-order chi connectivity index (χ1) is 11.7. The first-order valence-corrected chi connectivity index (χ1v) is 8.58. The maximum Gasteiger partial charge on any atom is 0.227 e. The van der Waals surface area contributed by atoms with Gasteiger partial charge in [-0.05, 0) is 56.3 Å². The average molecular weight is 381 g/mol. The molecule has 0 bridgehead atoms. The van der Waals surface area contributed by atoms with Crippen LogP contribution in [0.3, 0.4) is 0 Å². The lowest BCUT2D eigenvalue weighted by Gasteiger charge is -2.21. The van der Waals surface area contributed by atoms with Gasteiger partial charge in [0.25, 0.3) is 0 Å². The van der Waals surface area contributed by atoms with E-state index in [1.165, 1.54) is 0 Å². The van der Waals surface area contributed by atoms with Crippen LogP contribution in [-0.4, -0.2) is 19.0 Å². The van der Waals surface area contributed by atoms with Gasteiger partial charge in [-0.25, -0.2) is 0 Å². The molecule has 2 N–H and O–H groups in total. The number of hydrogen-bond acceptors (Lipinski definition) is 3. The zero-order chi connectivity index (χ0) is 16.8. The zero-order valence-corrected chi connectivity index (χ0v) is 15.4. The fraction of sp³-hybridized carbons (Fsp3) is 0.316. The predicted molar refractivity (Wildman–Crippen MR) is 104 cm³/mol. The Balaban J connectivity index is 0.00000225. The molecule has 2 aromatic carbocycles. The molecule has 0 unspecified atom stereocenters. The van der Waals surface area contributed by atoms with E-state index in [1.54, 1.807) is 0 Å². The highest BCUT2D eigenvalue weighted by Crippen LogP contribution is 2.21. The Morgan fingerprint density at radius 3 is 2.48 bits per heavy atom. The number of benzene rings is 2. The van der Waals surface area contributed by atoms with Gasteiger partial charge in [0.1, 0.15) is 12.4 Å². The minimum absolute atomic E-state index is 0. The van der Waals surface area contributed by atoms with Crippen LogP contribution in [0.4, 0.5) is 5.69 Å². The lowest BCUT2D eigenvalue weighted by molar-refractivity contribution is -0.120. The molecule has 25 heavy (non-hydrogen) atoms. The Kier molecular flexibility index (Phi) is 7.56. The van der Waals surface area contributed by atoms with Crippen LogP contribution in [0.15, 0.2) is 48.5 Å². The molecular weight excluding hydrogens is 359 g/mol. The number of ether oxygens (including phenoxy) is 1. The van der Waals surface area contributed by atoms with Crippen molar-refractivity contribution in [2.75, 3.05) is 18.4 Å². The fourth-order valence-corrected chi connectivity index (χ4v) is 2.93. The van der Waals surface area contributed by atoms with E-state index in [0.29, 0.717) is 11.6 Å². The Morgan fingerprint density at radius 1 is 1.12 bits per heavy atom. The topological polar surface area (TPSA) is 50.4 Å². The molecule has 1 heterocycles. The van der Waals surface area contributed by atoms with Gasteiger partial charge in [0.2, 0.25) is 5.91 Å². The van der Waals surface area contributed by atoms with Gasteiger partial charge >= 0.3 is 0 Å². The second kappa shape index (κ2) is 9.66. The van der Waals surface area contributed by atoms with Crippen LogP contribution in [0.2, 0.25) is 5.02 Å². The standard InChI is InChI=1S/C19H21ClN2O2.ClH/c20-18-4-2-1-3-15(18)13-24-17-7-5-16(6-8-17)22-19(23)14-9-11-21-12-10-14;/h1-8,14,21H,9-13H2,(H,22,23);1H. The zero-order valence-electron chi connectivity index (χ0n) is 13.8. The van der Waals surface area contributed by atoms with Crippen LogP contribution in [0.25, 0.3) is 0 Å². The third-order valence-corrected chi connectivity index (χ3v) is 4.55. The summed E-state index contributed by atoms with van der Waals surface area (Å²) in [6.45, 7) is 2.24. The van der Waals surface area contributed by atoms with Gasteiger partial charge in [0.05, 0.1) is 0 Å². The first kappa shape index (κ1) is 19.6. The summed E-state index contributed by atoms with van der Waals surface area (Å²) in [5.74, 6) is 0.943. The smallest absolute Gasteiger partial charge is 0.227 e. The number of carbonyl (C=O) groups excluding carboxylic acids is 1. The van der Waals surface area contributed by atoms with Gasteiger partial charge in [0.15, 0.2) is 0 Å². The number of piperidine rings is 1. The van der Waals surface area contributed by atoms with E-state index in [0.717, 1.165) is 42.9 Å². The molecule has 0 radical (unpaired) electrons. The average Bonchev–Trinajstić information content (AvgIpc) is 2.63. The van der Waals surface area contributed by atoms with Gasteiger partial charge < -0.3 is 15.4 Å². The number of amides is 1. The Morgan fingerprint density at radius 2 is 1.80 bits per heavy atom. The van der Waals surface area contributed by atoms with E-state index in [-0.39, 0.29) is 24.2 Å². The summed E-state index contributed by atoms with van der Waals surface area (Å²) in [4.78, 5) is 12.2. The summed E-state index contributed by atoms with van der Waals surface area (Å²) in [5, 5.41) is 6.94. The number of rotatable bonds is 5. The first-order valence-electron chi connectivity index (χ1n) is 8.20. The maximum atomic E-state index is 12.2.